The molecule has 0 fully saturated rings. The molecule has 0 atom stereocenters. The zero-order chi connectivity index (χ0) is 19.6. The van der Waals surface area contributed by atoms with Gasteiger partial charge in [-0.1, -0.05) is 12.1 Å². The lowest BCUT2D eigenvalue weighted by Gasteiger charge is -2.15. The lowest BCUT2D eigenvalue weighted by Crippen LogP contribution is -2.32. The van der Waals surface area contributed by atoms with Gasteiger partial charge in [-0.2, -0.15) is 0 Å². The van der Waals surface area contributed by atoms with Crippen LogP contribution in [0.2, 0.25) is 0 Å². The highest BCUT2D eigenvalue weighted by Gasteiger charge is 2.28. The summed E-state index contributed by atoms with van der Waals surface area (Å²) in [5, 5.41) is 37.8. The number of rotatable bonds is 6. The molecule has 7 N–H and O–H groups in total. The number of anilines is 1. The largest absolute Gasteiger partial charge is 0.494 e. The van der Waals surface area contributed by atoms with Gasteiger partial charge < -0.3 is 35.7 Å². The number of hydrogen-bond acceptors (Lipinski definition) is 7. The number of nitrogen functional groups attached to an aromatic ring is 1. The van der Waals surface area contributed by atoms with Crippen molar-refractivity contribution in [3.63, 3.8) is 0 Å². The maximum absolute atomic E-state index is 12.0. The highest BCUT2D eigenvalue weighted by atomic mass is 16.5. The highest BCUT2D eigenvalue weighted by molar-refractivity contribution is 6.59. The van der Waals surface area contributed by atoms with Gasteiger partial charge in [0.25, 0.3) is 5.56 Å². The Bertz CT molecular complexity index is 938. The molecule has 0 aliphatic heterocycles. The van der Waals surface area contributed by atoms with Crippen LogP contribution in [-0.2, 0) is 0 Å². The van der Waals surface area contributed by atoms with E-state index in [0.29, 0.717) is 0 Å². The lowest BCUT2D eigenvalue weighted by molar-refractivity contribution is 0.0695. The molecule has 10 nitrogen and oxygen atoms in total. The number of nitrogens with two attached hydrogens (primary N) is 1. The van der Waals surface area contributed by atoms with Crippen molar-refractivity contribution in [2.24, 2.45) is 0 Å². The first-order valence-electron chi connectivity index (χ1n) is 7.34. The monoisotopic (exact) mass is 362 g/mol. The van der Waals surface area contributed by atoms with E-state index < -0.39 is 47.1 Å². The van der Waals surface area contributed by atoms with E-state index in [0.717, 1.165) is 6.07 Å². The number of carbonyl (C=O) groups is 2. The molecule has 26 heavy (non-hydrogen) atoms. The molecule has 2 rings (SSSR count). The number of carboxylic acids is 2. The summed E-state index contributed by atoms with van der Waals surface area (Å²) < 4.78 is 5.25. The van der Waals surface area contributed by atoms with Crippen molar-refractivity contribution >= 4 is 30.3 Å². The van der Waals surface area contributed by atoms with Gasteiger partial charge in [0.2, 0.25) is 0 Å². The molecule has 0 saturated carbocycles. The lowest BCUT2D eigenvalue weighted by atomic mass is 9.77. The number of nitrogens with one attached hydrogen (secondary N) is 1. The number of ether oxygens (including phenoxy) is 1. The second kappa shape index (κ2) is 7.29. The van der Waals surface area contributed by atoms with Gasteiger partial charge in [-0.25, -0.2) is 9.59 Å². The van der Waals surface area contributed by atoms with Crippen LogP contribution < -0.4 is 21.5 Å². The molecule has 0 aliphatic rings. The maximum atomic E-state index is 12.0. The minimum Gasteiger partial charge on any atom is -0.494 e. The van der Waals surface area contributed by atoms with Crippen LogP contribution >= 0.6 is 0 Å². The first kappa shape index (κ1) is 19.0. The fourth-order valence-corrected chi connectivity index (χ4v) is 2.53. The van der Waals surface area contributed by atoms with Crippen LogP contribution in [0.1, 0.15) is 27.6 Å². The number of benzene rings is 1. The van der Waals surface area contributed by atoms with E-state index >= 15 is 0 Å². The topological polar surface area (TPSA) is 183 Å². The average Bonchev–Trinajstić information content (AvgIpc) is 2.53. The Hall–Kier alpha value is -3.31. The van der Waals surface area contributed by atoms with Crippen LogP contribution in [0.3, 0.4) is 0 Å². The number of pyridine rings is 1. The summed E-state index contributed by atoms with van der Waals surface area (Å²) in [5.74, 6) is -3.64. The number of H-pyrrole nitrogens is 1. The van der Waals surface area contributed by atoms with E-state index in [1.165, 1.54) is 12.1 Å². The second-order valence-electron chi connectivity index (χ2n) is 5.16. The Labute approximate surface area is 146 Å². The normalized spacial score (nSPS) is 10.4. The first-order chi connectivity index (χ1) is 12.2. The average molecular weight is 362 g/mol. The molecule has 11 heteroatoms. The third-order valence-corrected chi connectivity index (χ3v) is 3.55. The van der Waals surface area contributed by atoms with E-state index in [1.807, 2.05) is 4.98 Å². The number of hydrogen-bond donors (Lipinski definition) is 6. The zero-order valence-corrected chi connectivity index (χ0v) is 13.5. The summed E-state index contributed by atoms with van der Waals surface area (Å²) in [5.41, 5.74) is 2.38. The Morgan fingerprint density at radius 1 is 1.19 bits per heavy atom. The van der Waals surface area contributed by atoms with E-state index in [-0.39, 0.29) is 23.4 Å². The Balaban J connectivity index is 2.91. The van der Waals surface area contributed by atoms with Crippen molar-refractivity contribution in [1.29, 1.82) is 0 Å². The Morgan fingerprint density at radius 3 is 2.31 bits per heavy atom. The summed E-state index contributed by atoms with van der Waals surface area (Å²) in [7, 11) is -1.97. The van der Waals surface area contributed by atoms with Crippen molar-refractivity contribution < 1.29 is 34.6 Å². The number of carboxylic acid groups (broad SMARTS) is 2. The van der Waals surface area contributed by atoms with Crippen molar-refractivity contribution in [3.8, 4) is 16.9 Å². The third kappa shape index (κ3) is 3.39. The van der Waals surface area contributed by atoms with Gasteiger partial charge >= 0.3 is 19.1 Å². The smallest absolute Gasteiger partial charge is 0.492 e. The van der Waals surface area contributed by atoms with Crippen molar-refractivity contribution in [2.75, 3.05) is 12.3 Å². The van der Waals surface area contributed by atoms with Crippen molar-refractivity contribution in [1.82, 2.24) is 4.98 Å². The van der Waals surface area contributed by atoms with E-state index in [4.69, 9.17) is 10.5 Å². The SMILES string of the molecule is CCOc1ccc(-c2c(C(=O)O)c(N)[nH]c(=O)c2C(=O)O)cc1B(O)O. The molecule has 0 saturated heterocycles. The molecular weight excluding hydrogens is 347 g/mol. The maximum Gasteiger partial charge on any atom is 0.492 e. The predicted molar refractivity (Wildman–Crippen MR) is 91.8 cm³/mol. The molecule has 0 bridgehead atoms. The Morgan fingerprint density at radius 2 is 1.81 bits per heavy atom. The Kier molecular flexibility index (Phi) is 5.34. The molecule has 2 aromatic rings. The minimum atomic E-state index is -1.97. The number of aromatic nitrogens is 1. The van der Waals surface area contributed by atoms with Crippen LogP contribution in [0.25, 0.3) is 11.1 Å². The molecular formula is C15H15BN2O8. The van der Waals surface area contributed by atoms with E-state index in [9.17, 15) is 34.6 Å². The molecule has 0 unspecified atom stereocenters. The summed E-state index contributed by atoms with van der Waals surface area (Å²) in [6.45, 7) is 1.89. The predicted octanol–water partition coefficient (Wildman–Crippen LogP) is -0.901. The molecule has 0 aliphatic carbocycles. The van der Waals surface area contributed by atoms with Gasteiger partial charge in [0.15, 0.2) is 0 Å². The van der Waals surface area contributed by atoms with Gasteiger partial charge in [0, 0.05) is 11.0 Å². The minimum absolute atomic E-state index is 0.0517. The molecule has 1 aromatic heterocycles. The second-order valence-corrected chi connectivity index (χ2v) is 5.16. The van der Waals surface area contributed by atoms with Gasteiger partial charge in [0.05, 0.1) is 6.61 Å². The quantitative estimate of drug-likeness (QED) is 0.354. The summed E-state index contributed by atoms with van der Waals surface area (Å²) >= 11 is 0. The first-order valence-corrected chi connectivity index (χ1v) is 7.34. The number of aromatic carboxylic acids is 2. The number of aromatic amines is 1. The van der Waals surface area contributed by atoms with Gasteiger partial charge in [-0.15, -0.1) is 0 Å². The summed E-state index contributed by atoms with van der Waals surface area (Å²) in [6, 6.07) is 3.73. The third-order valence-electron chi connectivity index (χ3n) is 3.55. The van der Waals surface area contributed by atoms with E-state index in [2.05, 4.69) is 0 Å². The summed E-state index contributed by atoms with van der Waals surface area (Å²) in [6.07, 6.45) is 0. The van der Waals surface area contributed by atoms with Gasteiger partial charge in [-0.05, 0) is 18.6 Å². The highest BCUT2D eigenvalue weighted by Crippen LogP contribution is 2.30. The van der Waals surface area contributed by atoms with Crippen molar-refractivity contribution in [2.45, 2.75) is 6.92 Å². The van der Waals surface area contributed by atoms with Crippen LogP contribution in [0.4, 0.5) is 5.82 Å². The standard InChI is InChI=1S/C15H15BN2O8/c1-2-26-8-4-3-6(5-7(8)16(24)25)9-10(14(20)21)12(17)18-13(19)11(9)15(22)23/h3-5,24-25H,2H2,1H3,(H,20,21)(H,22,23)(H3,17,18,19). The van der Waals surface area contributed by atoms with Gasteiger partial charge in [0.1, 0.15) is 22.7 Å². The van der Waals surface area contributed by atoms with Crippen molar-refractivity contribution in [3.05, 3.63) is 39.7 Å². The molecule has 136 valence electrons. The fraction of sp³-hybridized carbons (Fsp3) is 0.133. The molecule has 0 radical (unpaired) electrons. The molecule has 0 spiro atoms. The van der Waals surface area contributed by atoms with Gasteiger partial charge in [-0.3, -0.25) is 4.79 Å². The molecule has 1 heterocycles. The van der Waals surface area contributed by atoms with Crippen LogP contribution in [0, 0.1) is 0 Å². The van der Waals surface area contributed by atoms with Crippen LogP contribution in [0.15, 0.2) is 23.0 Å². The van der Waals surface area contributed by atoms with Crippen LogP contribution in [0.5, 0.6) is 5.75 Å². The molecule has 1 aromatic carbocycles. The molecule has 0 amide bonds. The summed E-state index contributed by atoms with van der Waals surface area (Å²) in [4.78, 5) is 37.1. The zero-order valence-electron chi connectivity index (χ0n) is 13.5. The van der Waals surface area contributed by atoms with E-state index in [1.54, 1.807) is 6.92 Å². The fourth-order valence-electron chi connectivity index (χ4n) is 2.53. The van der Waals surface area contributed by atoms with Crippen LogP contribution in [-0.4, -0.2) is 50.9 Å².